The van der Waals surface area contributed by atoms with Crippen molar-refractivity contribution >= 4 is 26.3 Å². The fourth-order valence-corrected chi connectivity index (χ4v) is 4.80. The van der Waals surface area contributed by atoms with Crippen LogP contribution in [-0.4, -0.2) is 18.5 Å². The van der Waals surface area contributed by atoms with Gasteiger partial charge in [-0.3, -0.25) is 0 Å². The summed E-state index contributed by atoms with van der Waals surface area (Å²) in [6.07, 6.45) is 0.625. The zero-order valence-electron chi connectivity index (χ0n) is 22.0. The second kappa shape index (κ2) is 10.8. The number of rotatable bonds is 4. The van der Waals surface area contributed by atoms with Gasteiger partial charge in [-0.2, -0.15) is 0 Å². The molecular formula is C30H26BF6O4P. The quantitative estimate of drug-likeness (QED) is 0.100. The van der Waals surface area contributed by atoms with Gasteiger partial charge in [-0.25, -0.2) is 0 Å². The van der Waals surface area contributed by atoms with Crippen LogP contribution in [0, 0.1) is 0 Å². The Bertz CT molecular complexity index is 1450. The summed E-state index contributed by atoms with van der Waals surface area (Å²) in [4.78, 5) is 0. The molecule has 6 rings (SSSR count). The van der Waals surface area contributed by atoms with E-state index in [1.165, 1.54) is 0 Å². The van der Waals surface area contributed by atoms with E-state index in [4.69, 9.17) is 18.0 Å². The SMILES string of the molecule is F[P-](F)(F)(F)(F)F.c1ccc(C2=[O+][B-]3(OC(c4ccccc4)C2)OC(c2ccccc2)CC(c2ccccc2)=[O+]3)cc1. The third-order valence-corrected chi connectivity index (χ3v) is 6.51. The van der Waals surface area contributed by atoms with E-state index in [0.29, 0.717) is 12.8 Å². The van der Waals surface area contributed by atoms with Crippen LogP contribution in [0.3, 0.4) is 0 Å². The Labute approximate surface area is 238 Å². The summed E-state index contributed by atoms with van der Waals surface area (Å²) >= 11 is 0. The number of carbonyl (C=O) groups excluding carboxylic acids is 2. The summed E-state index contributed by atoms with van der Waals surface area (Å²) in [5.41, 5.74) is 4.10. The first-order valence-electron chi connectivity index (χ1n) is 13.1. The van der Waals surface area contributed by atoms with Crippen LogP contribution in [0.4, 0.5) is 25.2 Å². The minimum absolute atomic E-state index is 0.272. The first-order chi connectivity index (χ1) is 19.7. The molecule has 42 heavy (non-hydrogen) atoms. The molecule has 0 amide bonds. The molecule has 2 atom stereocenters. The minimum atomic E-state index is -10.7. The molecule has 2 heterocycles. The molecule has 0 N–H and O–H groups in total. The van der Waals surface area contributed by atoms with Gasteiger partial charge >= 0.3 is 39.9 Å². The van der Waals surface area contributed by atoms with Gasteiger partial charge in [0.25, 0.3) is 11.6 Å². The van der Waals surface area contributed by atoms with E-state index in [9.17, 15) is 25.2 Å². The van der Waals surface area contributed by atoms with Gasteiger partial charge in [0.1, 0.15) is 0 Å². The van der Waals surface area contributed by atoms with E-state index in [1.54, 1.807) is 0 Å². The van der Waals surface area contributed by atoms with Gasteiger partial charge < -0.3 is 18.0 Å². The maximum absolute atomic E-state index is 10.7. The van der Waals surface area contributed by atoms with Gasteiger partial charge in [0.15, 0.2) is 0 Å². The maximum Gasteiger partial charge on any atom is 1.16 e. The molecule has 4 aromatic rings. The second-order valence-electron chi connectivity index (χ2n) is 9.83. The standard InChI is InChI=1S/C30H26BO4.F6P/c1-5-13-23(14-6-1)27-21-28(24-15-7-2-8-16-24)33-31(32-27)34-29(25-17-9-3-10-18-25)22-30(35-31)26-19-11-4-12-20-26;1-7(2,3,4,5)6/h1-20,27,29H,21-22H2;/q+1;-1. The van der Waals surface area contributed by atoms with Crippen molar-refractivity contribution in [3.8, 4) is 0 Å². The summed E-state index contributed by atoms with van der Waals surface area (Å²) in [6, 6.07) is 40.6. The van der Waals surface area contributed by atoms with Crippen molar-refractivity contribution in [2.45, 2.75) is 25.0 Å². The Morgan fingerprint density at radius 3 is 1.10 bits per heavy atom. The monoisotopic (exact) mass is 606 g/mol. The predicted octanol–water partition coefficient (Wildman–Crippen LogP) is 9.96. The first-order valence-corrected chi connectivity index (χ1v) is 15.1. The Balaban J connectivity index is 0.000000451. The van der Waals surface area contributed by atoms with Crippen LogP contribution < -0.4 is 0 Å². The molecule has 2 unspecified atom stereocenters. The van der Waals surface area contributed by atoms with Crippen LogP contribution in [0.1, 0.15) is 56.0 Å². The summed E-state index contributed by atoms with van der Waals surface area (Å²) < 4.78 is 85.5. The first kappa shape index (κ1) is 29.7. The average Bonchev–Trinajstić information content (AvgIpc) is 2.97. The number of halogens is 6. The zero-order valence-corrected chi connectivity index (χ0v) is 22.9. The van der Waals surface area contributed by atoms with Crippen molar-refractivity contribution in [2.75, 3.05) is 0 Å². The van der Waals surface area contributed by atoms with Crippen molar-refractivity contribution in [2.24, 2.45) is 0 Å². The molecule has 220 valence electrons. The summed E-state index contributed by atoms with van der Waals surface area (Å²) in [6.45, 7) is -2.58. The molecule has 1 spiro atoms. The number of ketones is 2. The third-order valence-electron chi connectivity index (χ3n) is 6.51. The Morgan fingerprint density at radius 2 is 0.786 bits per heavy atom. The van der Waals surface area contributed by atoms with E-state index in [2.05, 4.69) is 24.3 Å². The van der Waals surface area contributed by atoms with Gasteiger partial charge in [0.2, 0.25) is 0 Å². The van der Waals surface area contributed by atoms with Crippen LogP contribution in [0.15, 0.2) is 121 Å². The van der Waals surface area contributed by atoms with Gasteiger partial charge in [0.05, 0.1) is 36.2 Å². The van der Waals surface area contributed by atoms with Crippen LogP contribution in [-0.2, 0) is 9.31 Å². The Hall–Kier alpha value is -3.79. The largest absolute Gasteiger partial charge is 1.16 e. The Morgan fingerprint density at radius 1 is 0.500 bits per heavy atom. The molecule has 12 heteroatoms. The van der Waals surface area contributed by atoms with Gasteiger partial charge in [-0.05, 0) is 35.4 Å². The molecule has 0 aromatic heterocycles. The summed E-state index contributed by atoms with van der Waals surface area (Å²) in [5, 5.41) is 0. The fraction of sp³-hybridized carbons (Fsp3) is 0.133. The molecule has 2 aliphatic heterocycles. The van der Waals surface area contributed by atoms with Gasteiger partial charge in [-0.1, -0.05) is 97.1 Å². The van der Waals surface area contributed by atoms with Crippen LogP contribution >= 0.6 is 7.81 Å². The van der Waals surface area contributed by atoms with E-state index in [-0.39, 0.29) is 12.2 Å². The van der Waals surface area contributed by atoms with E-state index in [1.807, 2.05) is 97.1 Å². The van der Waals surface area contributed by atoms with Gasteiger partial charge in [-0.15, -0.1) is 0 Å². The third kappa shape index (κ3) is 8.61. The van der Waals surface area contributed by atoms with Crippen LogP contribution in [0.25, 0.3) is 0 Å². The van der Waals surface area contributed by atoms with Crippen LogP contribution in [0.2, 0.25) is 0 Å². The smallest absolute Gasteiger partial charge is 0.387 e. The van der Waals surface area contributed by atoms with E-state index < -0.39 is 14.8 Å². The molecule has 0 radical (unpaired) electrons. The Kier molecular flexibility index (Phi) is 7.64. The molecule has 0 aliphatic carbocycles. The van der Waals surface area contributed by atoms with Crippen molar-refractivity contribution in [3.63, 3.8) is 0 Å². The number of hydrogen-bond donors (Lipinski definition) is 0. The molecular weight excluding hydrogens is 580 g/mol. The topological polar surface area (TPSA) is 41.1 Å². The molecule has 2 aliphatic rings. The van der Waals surface area contributed by atoms with Crippen molar-refractivity contribution < 1.29 is 43.2 Å². The van der Waals surface area contributed by atoms with Crippen molar-refractivity contribution in [1.82, 2.24) is 0 Å². The van der Waals surface area contributed by atoms with E-state index >= 15 is 0 Å². The van der Waals surface area contributed by atoms with E-state index in [0.717, 1.165) is 33.8 Å². The fourth-order valence-electron chi connectivity index (χ4n) is 4.80. The molecule has 0 fully saturated rings. The molecule has 4 nitrogen and oxygen atoms in total. The minimum Gasteiger partial charge on any atom is -0.387 e. The van der Waals surface area contributed by atoms with Crippen molar-refractivity contribution in [3.05, 3.63) is 144 Å². The van der Waals surface area contributed by atoms with Gasteiger partial charge in [0, 0.05) is 0 Å². The zero-order chi connectivity index (χ0) is 29.9. The summed E-state index contributed by atoms with van der Waals surface area (Å²) in [7, 11) is -10.7. The number of benzene rings is 4. The average molecular weight is 606 g/mol. The maximum atomic E-state index is 9.87. The number of hydrogen-bond acceptors (Lipinski definition) is 2. The summed E-state index contributed by atoms with van der Waals surface area (Å²) in [5.74, 6) is 1.60. The normalized spacial score (nSPS) is 23.9. The molecule has 0 saturated carbocycles. The second-order valence-corrected chi connectivity index (χ2v) is 11.7. The molecule has 0 saturated heterocycles. The molecule has 0 bridgehead atoms. The predicted molar refractivity (Wildman–Crippen MR) is 151 cm³/mol. The van der Waals surface area contributed by atoms with Crippen molar-refractivity contribution in [1.29, 1.82) is 0 Å². The molecule has 4 aromatic carbocycles. The van der Waals surface area contributed by atoms with Crippen LogP contribution in [0.5, 0.6) is 0 Å².